The lowest BCUT2D eigenvalue weighted by Gasteiger charge is -2.30. The van der Waals surface area contributed by atoms with Gasteiger partial charge in [0.25, 0.3) is 0 Å². The van der Waals surface area contributed by atoms with Crippen LogP contribution < -0.4 is 11.1 Å². The van der Waals surface area contributed by atoms with Gasteiger partial charge in [0, 0.05) is 6.54 Å². The Balaban J connectivity index is 2.29. The van der Waals surface area contributed by atoms with Crippen molar-refractivity contribution in [1.82, 2.24) is 10.2 Å². The molecular formula is C13H27N3O. The van der Waals surface area contributed by atoms with E-state index in [2.05, 4.69) is 17.3 Å². The smallest absolute Gasteiger partial charge is 0.237 e. The Kier molecular flexibility index (Phi) is 4.95. The monoisotopic (exact) mass is 241 g/mol. The van der Waals surface area contributed by atoms with Crippen molar-refractivity contribution in [1.29, 1.82) is 0 Å². The van der Waals surface area contributed by atoms with Crippen LogP contribution in [0.4, 0.5) is 0 Å². The molecule has 100 valence electrons. The van der Waals surface area contributed by atoms with Crippen LogP contribution in [0.2, 0.25) is 0 Å². The van der Waals surface area contributed by atoms with Crippen LogP contribution in [0, 0.1) is 11.3 Å². The summed E-state index contributed by atoms with van der Waals surface area (Å²) >= 11 is 0. The van der Waals surface area contributed by atoms with E-state index in [9.17, 15) is 4.79 Å². The van der Waals surface area contributed by atoms with E-state index in [1.165, 1.54) is 12.8 Å². The van der Waals surface area contributed by atoms with Gasteiger partial charge in [0.2, 0.25) is 5.91 Å². The van der Waals surface area contributed by atoms with Gasteiger partial charge in [-0.1, -0.05) is 20.8 Å². The minimum atomic E-state index is -0.422. The van der Waals surface area contributed by atoms with Crippen LogP contribution in [-0.4, -0.2) is 43.5 Å². The minimum Gasteiger partial charge on any atom is -0.354 e. The Hall–Kier alpha value is -0.610. The van der Waals surface area contributed by atoms with E-state index in [4.69, 9.17) is 5.73 Å². The van der Waals surface area contributed by atoms with Crippen molar-refractivity contribution in [2.24, 2.45) is 17.1 Å². The molecule has 3 N–H and O–H groups in total. The number of carbonyl (C=O) groups is 1. The molecule has 0 bridgehead atoms. The number of amides is 1. The molecule has 1 aliphatic heterocycles. The second-order valence-electron chi connectivity index (χ2n) is 6.34. The summed E-state index contributed by atoms with van der Waals surface area (Å²) in [5.41, 5.74) is 5.74. The van der Waals surface area contributed by atoms with Crippen LogP contribution in [0.3, 0.4) is 0 Å². The highest BCUT2D eigenvalue weighted by Gasteiger charge is 2.27. The highest BCUT2D eigenvalue weighted by atomic mass is 16.2. The number of hydrogen-bond donors (Lipinski definition) is 2. The van der Waals surface area contributed by atoms with Gasteiger partial charge >= 0.3 is 0 Å². The molecule has 1 rings (SSSR count). The maximum atomic E-state index is 11.9. The predicted octanol–water partition coefficient (Wildman–Crippen LogP) is 0.818. The topological polar surface area (TPSA) is 58.4 Å². The van der Waals surface area contributed by atoms with E-state index < -0.39 is 6.04 Å². The Labute approximate surface area is 105 Å². The fourth-order valence-electron chi connectivity index (χ4n) is 2.01. The third-order valence-electron chi connectivity index (χ3n) is 3.62. The van der Waals surface area contributed by atoms with Gasteiger partial charge in [-0.15, -0.1) is 0 Å². The SMILES string of the molecule is CN1CCC(CNC(=O)[C@@H](N)C(C)(C)C)CC1. The van der Waals surface area contributed by atoms with Crippen LogP contribution in [0.5, 0.6) is 0 Å². The molecule has 0 spiro atoms. The highest BCUT2D eigenvalue weighted by Crippen LogP contribution is 2.18. The van der Waals surface area contributed by atoms with Gasteiger partial charge in [0.05, 0.1) is 6.04 Å². The summed E-state index contributed by atoms with van der Waals surface area (Å²) in [5.74, 6) is 0.596. The van der Waals surface area contributed by atoms with E-state index in [1.54, 1.807) is 0 Å². The first kappa shape index (κ1) is 14.5. The van der Waals surface area contributed by atoms with Crippen molar-refractivity contribution < 1.29 is 4.79 Å². The molecule has 0 saturated carbocycles. The second kappa shape index (κ2) is 5.83. The van der Waals surface area contributed by atoms with Crippen molar-refractivity contribution in [3.8, 4) is 0 Å². The summed E-state index contributed by atoms with van der Waals surface area (Å²) in [5, 5.41) is 2.99. The second-order valence-corrected chi connectivity index (χ2v) is 6.34. The molecular weight excluding hydrogens is 214 g/mol. The number of piperidine rings is 1. The summed E-state index contributed by atoms with van der Waals surface area (Å²) in [6.45, 7) is 9.01. The fourth-order valence-corrected chi connectivity index (χ4v) is 2.01. The van der Waals surface area contributed by atoms with Gasteiger partial charge in [0.15, 0.2) is 0 Å². The molecule has 0 unspecified atom stereocenters. The molecule has 1 atom stereocenters. The van der Waals surface area contributed by atoms with E-state index >= 15 is 0 Å². The fraction of sp³-hybridized carbons (Fsp3) is 0.923. The summed E-state index contributed by atoms with van der Waals surface area (Å²) in [4.78, 5) is 14.2. The van der Waals surface area contributed by atoms with Crippen LogP contribution >= 0.6 is 0 Å². The molecule has 0 radical (unpaired) electrons. The van der Waals surface area contributed by atoms with Crippen molar-refractivity contribution in [3.63, 3.8) is 0 Å². The Morgan fingerprint density at radius 2 is 1.94 bits per heavy atom. The maximum absolute atomic E-state index is 11.9. The lowest BCUT2D eigenvalue weighted by molar-refractivity contribution is -0.124. The summed E-state index contributed by atoms with van der Waals surface area (Å²) < 4.78 is 0. The quantitative estimate of drug-likeness (QED) is 0.769. The summed E-state index contributed by atoms with van der Waals surface area (Å²) in [6.07, 6.45) is 2.34. The van der Waals surface area contributed by atoms with Gasteiger partial charge in [-0.05, 0) is 44.3 Å². The predicted molar refractivity (Wildman–Crippen MR) is 70.7 cm³/mol. The molecule has 1 saturated heterocycles. The number of rotatable bonds is 3. The van der Waals surface area contributed by atoms with Gasteiger partial charge < -0.3 is 16.0 Å². The molecule has 1 amide bonds. The van der Waals surface area contributed by atoms with Crippen molar-refractivity contribution in [2.45, 2.75) is 39.7 Å². The molecule has 0 aromatic rings. The van der Waals surface area contributed by atoms with Crippen LogP contribution in [0.15, 0.2) is 0 Å². The normalized spacial score (nSPS) is 21.2. The van der Waals surface area contributed by atoms with Crippen LogP contribution in [-0.2, 0) is 4.79 Å². The lowest BCUT2D eigenvalue weighted by Crippen LogP contribution is -2.50. The molecule has 4 heteroatoms. The maximum Gasteiger partial charge on any atom is 0.237 e. The summed E-state index contributed by atoms with van der Waals surface area (Å²) in [6, 6.07) is -0.422. The molecule has 1 aliphatic rings. The van der Waals surface area contributed by atoms with Gasteiger partial charge in [-0.25, -0.2) is 0 Å². The zero-order valence-electron chi connectivity index (χ0n) is 11.6. The van der Waals surface area contributed by atoms with E-state index in [0.717, 1.165) is 19.6 Å². The van der Waals surface area contributed by atoms with Crippen molar-refractivity contribution >= 4 is 5.91 Å². The number of nitrogens with two attached hydrogens (primary N) is 1. The Morgan fingerprint density at radius 1 is 1.41 bits per heavy atom. The molecule has 0 aromatic carbocycles. The zero-order valence-corrected chi connectivity index (χ0v) is 11.6. The molecule has 0 aromatic heterocycles. The minimum absolute atomic E-state index is 0.0172. The number of likely N-dealkylation sites (tertiary alicyclic amines) is 1. The highest BCUT2D eigenvalue weighted by molar-refractivity contribution is 5.82. The summed E-state index contributed by atoms with van der Waals surface area (Å²) in [7, 11) is 2.14. The van der Waals surface area contributed by atoms with Crippen LogP contribution in [0.1, 0.15) is 33.6 Å². The third kappa shape index (κ3) is 4.64. The lowest BCUT2D eigenvalue weighted by atomic mass is 9.86. The largest absolute Gasteiger partial charge is 0.354 e. The molecule has 4 nitrogen and oxygen atoms in total. The van der Waals surface area contributed by atoms with Gasteiger partial charge in [-0.3, -0.25) is 4.79 Å². The van der Waals surface area contributed by atoms with Crippen molar-refractivity contribution in [2.75, 3.05) is 26.7 Å². The first-order valence-corrected chi connectivity index (χ1v) is 6.52. The van der Waals surface area contributed by atoms with Gasteiger partial charge in [0.1, 0.15) is 0 Å². The first-order chi connectivity index (χ1) is 7.80. The number of carbonyl (C=O) groups excluding carboxylic acids is 1. The van der Waals surface area contributed by atoms with E-state index in [1.807, 2.05) is 20.8 Å². The zero-order chi connectivity index (χ0) is 13.1. The molecule has 1 heterocycles. The third-order valence-corrected chi connectivity index (χ3v) is 3.62. The molecule has 1 fully saturated rings. The van der Waals surface area contributed by atoms with E-state index in [0.29, 0.717) is 5.92 Å². The van der Waals surface area contributed by atoms with Crippen LogP contribution in [0.25, 0.3) is 0 Å². The number of nitrogens with zero attached hydrogens (tertiary/aromatic N) is 1. The van der Waals surface area contributed by atoms with E-state index in [-0.39, 0.29) is 11.3 Å². The number of nitrogens with one attached hydrogen (secondary N) is 1. The Bertz CT molecular complexity index is 252. The standard InChI is InChI=1S/C13H27N3O/c1-13(2,3)11(14)12(17)15-9-10-5-7-16(4)8-6-10/h10-11H,5-9,14H2,1-4H3,(H,15,17)/t11-/m1/s1. The Morgan fingerprint density at radius 3 is 2.41 bits per heavy atom. The average Bonchev–Trinajstić information content (AvgIpc) is 2.25. The first-order valence-electron chi connectivity index (χ1n) is 6.52. The molecule has 0 aliphatic carbocycles. The van der Waals surface area contributed by atoms with Gasteiger partial charge in [-0.2, -0.15) is 0 Å². The number of hydrogen-bond acceptors (Lipinski definition) is 3. The molecule has 17 heavy (non-hydrogen) atoms. The van der Waals surface area contributed by atoms with Crippen molar-refractivity contribution in [3.05, 3.63) is 0 Å². The average molecular weight is 241 g/mol.